The summed E-state index contributed by atoms with van der Waals surface area (Å²) in [6, 6.07) is 39.2. The molecule has 8 aliphatic heterocycles. The Morgan fingerprint density at radius 1 is 0.375 bits per heavy atom. The van der Waals surface area contributed by atoms with E-state index >= 15 is 0 Å². The second-order valence-electron chi connectivity index (χ2n) is 22.2. The van der Waals surface area contributed by atoms with Gasteiger partial charge in [-0.25, -0.2) is 14.1 Å². The molecule has 96 heavy (non-hydrogen) atoms. The maximum Gasteiger partial charge on any atom is 0.169 e. The molecule has 0 N–H and O–H groups in total. The first-order valence-corrected chi connectivity index (χ1v) is 48.6. The van der Waals surface area contributed by atoms with Gasteiger partial charge in [0.05, 0.1) is 42.0 Å². The summed E-state index contributed by atoms with van der Waals surface area (Å²) >= 11 is 26.3. The summed E-state index contributed by atoms with van der Waals surface area (Å²) in [7, 11) is 0. The quantitative estimate of drug-likeness (QED) is 0.0953. The first-order chi connectivity index (χ1) is 46.7. The minimum atomic E-state index is 0.744. The summed E-state index contributed by atoms with van der Waals surface area (Å²) in [4.78, 5) is 21.3. The number of nitrogens with zero attached hydrogens (tertiary/aromatic N) is 4. The summed E-state index contributed by atoms with van der Waals surface area (Å²) in [5.74, 6) is 0. The number of thioether (sulfide) groups is 12. The molecule has 17 rings (SSSR count). The van der Waals surface area contributed by atoms with Crippen LogP contribution in [0.1, 0.15) is 119 Å². The molecule has 3 aromatic carbocycles. The number of hydrogen-bond donors (Lipinski definition) is 0. The summed E-state index contributed by atoms with van der Waals surface area (Å²) < 4.78 is 24.0. The molecule has 0 bridgehead atoms. The molecule has 7 aromatic rings. The van der Waals surface area contributed by atoms with Gasteiger partial charge in [0.25, 0.3) is 0 Å². The molecule has 0 unspecified atom stereocenters. The minimum Gasteiger partial charge on any atom is -0.256 e. The Morgan fingerprint density at radius 2 is 0.698 bits per heavy atom. The van der Waals surface area contributed by atoms with Gasteiger partial charge in [-0.3, -0.25) is 4.98 Å². The van der Waals surface area contributed by atoms with E-state index in [1.54, 1.807) is 46.0 Å². The van der Waals surface area contributed by atoms with Crippen LogP contribution in [0.3, 0.4) is 0 Å². The molecule has 0 saturated heterocycles. The third-order valence-electron chi connectivity index (χ3n) is 15.5. The summed E-state index contributed by atoms with van der Waals surface area (Å²) in [5.41, 5.74) is 5.64. The van der Waals surface area contributed by atoms with Crippen molar-refractivity contribution < 1.29 is 9.13 Å². The third kappa shape index (κ3) is 21.3. The van der Waals surface area contributed by atoms with Crippen LogP contribution >= 0.6 is 141 Å². The van der Waals surface area contributed by atoms with Crippen molar-refractivity contribution in [3.8, 4) is 0 Å². The van der Waals surface area contributed by atoms with Crippen molar-refractivity contribution in [2.75, 3.05) is 0 Å². The fraction of sp³-hybridized carbons (Fsp3) is 0.237. The molecule has 0 radical (unpaired) electrons. The molecule has 0 saturated carbocycles. The van der Waals surface area contributed by atoms with Gasteiger partial charge in [0.15, 0.2) is 24.8 Å². The van der Waals surface area contributed by atoms with Crippen LogP contribution in [0.2, 0.25) is 0 Å². The average Bonchev–Trinajstić information content (AvgIpc) is 1.52. The van der Waals surface area contributed by atoms with Crippen LogP contribution in [0.4, 0.5) is 0 Å². The monoisotopic (exact) mass is 1750 g/mol. The molecule has 0 amide bonds. The normalized spacial score (nSPS) is 18.6. The Kier molecular flexibility index (Phi) is 29.7. The van der Waals surface area contributed by atoms with Crippen LogP contribution in [-0.2, 0) is 13.1 Å². The predicted octanol–water partition coefficient (Wildman–Crippen LogP) is 25.0. The van der Waals surface area contributed by atoms with Gasteiger partial charge in [-0.2, -0.15) is 0 Å². The van der Waals surface area contributed by atoms with E-state index in [2.05, 4.69) is 249 Å². The van der Waals surface area contributed by atoms with Gasteiger partial charge >= 0.3 is 112 Å². The van der Waals surface area contributed by atoms with Crippen LogP contribution < -0.4 is 9.13 Å². The fourth-order valence-corrected chi connectivity index (χ4v) is 41.4. The molecular weight excluding hydrogens is 1670 g/mol. The molecule has 494 valence electrons. The molecule has 2 aliphatic carbocycles. The Balaban J connectivity index is 0.000000115. The van der Waals surface area contributed by atoms with Crippen molar-refractivity contribution in [1.29, 1.82) is 0 Å². The van der Waals surface area contributed by atoms with Gasteiger partial charge in [0.1, 0.15) is 13.1 Å². The molecule has 4 aromatic heterocycles. The second-order valence-corrected chi connectivity index (χ2v) is 49.6. The van der Waals surface area contributed by atoms with E-state index in [0.717, 1.165) is 89.5 Å². The summed E-state index contributed by atoms with van der Waals surface area (Å²) in [6.07, 6.45) is 22.7. The largest absolute Gasteiger partial charge is 0.256 e. The number of fused-ring (bicyclic) bond motifs is 3. The van der Waals surface area contributed by atoms with Crippen LogP contribution in [-0.4, -0.2) is 69.8 Å². The number of pyridine rings is 4. The zero-order valence-electron chi connectivity index (χ0n) is 55.3. The standard InChI is InChI=1S/C16H20N2.C13H9N.C12H12S4.C10H12S4.C10H12Se4.C9H7N.C6H4S4/c1-3-17-11-7-15(8-12-17)5-6-16-9-13-18(4-2)14-10-16;1-3-7-12-10(5-1)9-11-6-2-4-8-13(11)14-12;1-3-7-8(4-1)14-11(13-7)12-15-9-5-2-6-10(9)16-12;2*1-5-6(2)12-9(11-5)10-13-7(3)8(4)14-10;1-2-6-9-8(4-1)5-3-7-10-9;1-2-8-5(7-1)6-9-3-4-10-6/h5-14H,3-4H2,1-2H3;1-9H;1-6H2;2*1-4H3;1-7H;1-4H/q+2;;;;;;. The molecular formula is C76H76N4S12Se4+2. The Labute approximate surface area is 646 Å². The number of allylic oxidation sites excluding steroid dienone is 12. The Bertz CT molecular complexity index is 3930. The predicted molar refractivity (Wildman–Crippen MR) is 450 cm³/mol. The molecule has 0 spiro atoms. The topological polar surface area (TPSA) is 33.5 Å². The van der Waals surface area contributed by atoms with E-state index in [-0.39, 0.29) is 0 Å². The SMILES string of the molecule is C1=CSC(=C2SC=CS2)S1.C1CC2=C(C1)SC(=C1SC3=C(CCC3)S1)S2.CC1=C(C)SC(=C2SC(C)=C(C)S2)S1.CC1=C(C)[Se]C(=C2[Se]C(C)=C(C)[Se]2)[Se]1.CC[n+]1ccc(C=Cc2cc[n+](CC)cc2)cc1.c1ccc2nc3ccccc3cc2c1.c1ccc2ncccc2c1. The molecule has 0 atom stereocenters. The maximum atomic E-state index is 4.58. The van der Waals surface area contributed by atoms with Gasteiger partial charge in [0, 0.05) is 66.2 Å². The molecule has 10 aliphatic rings. The van der Waals surface area contributed by atoms with Crippen LogP contribution in [0.5, 0.6) is 0 Å². The number of benzene rings is 3. The minimum absolute atomic E-state index is 0.744. The Hall–Kier alpha value is -2.06. The van der Waals surface area contributed by atoms with Gasteiger partial charge in [0.2, 0.25) is 0 Å². The summed E-state index contributed by atoms with van der Waals surface area (Å²) in [6.45, 7) is 24.5. The van der Waals surface area contributed by atoms with Gasteiger partial charge in [-0.1, -0.05) is 214 Å². The third-order valence-corrected chi connectivity index (χ3v) is 48.2. The van der Waals surface area contributed by atoms with E-state index < -0.39 is 0 Å². The first-order valence-electron chi connectivity index (χ1n) is 31.7. The van der Waals surface area contributed by atoms with Crippen molar-refractivity contribution in [3.05, 3.63) is 268 Å². The van der Waals surface area contributed by atoms with Gasteiger partial charge in [-0.15, -0.1) is 0 Å². The number of aromatic nitrogens is 4. The van der Waals surface area contributed by atoms with Crippen LogP contribution in [0.25, 0.3) is 44.9 Å². The zero-order valence-corrected chi connectivity index (χ0v) is 71.9. The van der Waals surface area contributed by atoms with Crippen molar-refractivity contribution in [2.45, 2.75) is 121 Å². The fourth-order valence-electron chi connectivity index (χ4n) is 9.68. The molecule has 4 nitrogen and oxygen atoms in total. The molecule has 12 heterocycles. The second kappa shape index (κ2) is 37.9. The van der Waals surface area contributed by atoms with E-state index in [9.17, 15) is 0 Å². The number of rotatable bonds is 4. The summed E-state index contributed by atoms with van der Waals surface area (Å²) in [5, 5.41) is 12.1. The van der Waals surface area contributed by atoms with Crippen molar-refractivity contribution in [1.82, 2.24) is 9.97 Å². The Morgan fingerprint density at radius 3 is 1.05 bits per heavy atom. The van der Waals surface area contributed by atoms with Crippen molar-refractivity contribution in [3.63, 3.8) is 0 Å². The zero-order chi connectivity index (χ0) is 66.9. The maximum absolute atomic E-state index is 4.58. The molecule has 0 fully saturated rings. The number of hydrogen-bond acceptors (Lipinski definition) is 14. The van der Waals surface area contributed by atoms with Crippen molar-refractivity contribution in [2.24, 2.45) is 0 Å². The average molecular weight is 1750 g/mol. The van der Waals surface area contributed by atoms with E-state index in [1.807, 2.05) is 168 Å². The van der Waals surface area contributed by atoms with E-state index in [1.165, 1.54) is 102 Å². The van der Waals surface area contributed by atoms with E-state index in [4.69, 9.17) is 0 Å². The molecule has 20 heteroatoms. The number of aryl methyl sites for hydroxylation is 2. The first kappa shape index (κ1) is 75.1. The number of para-hydroxylation sites is 3. The smallest absolute Gasteiger partial charge is 0.169 e. The van der Waals surface area contributed by atoms with E-state index in [0.29, 0.717) is 0 Å². The van der Waals surface area contributed by atoms with Gasteiger partial charge < -0.3 is 0 Å². The van der Waals surface area contributed by atoms with Gasteiger partial charge in [-0.05, 0) is 163 Å². The van der Waals surface area contributed by atoms with Crippen LogP contribution in [0, 0.1) is 0 Å². The van der Waals surface area contributed by atoms with Crippen molar-refractivity contribution >= 4 is 246 Å². The van der Waals surface area contributed by atoms with Crippen LogP contribution in [0.15, 0.2) is 257 Å².